The largest absolute Gasteiger partial charge is 0.309 e. The van der Waals surface area contributed by atoms with E-state index in [1.165, 1.54) is 12.8 Å². The Morgan fingerprint density at radius 2 is 2.50 bits per heavy atom. The van der Waals surface area contributed by atoms with Crippen LogP contribution >= 0.6 is 0 Å². The zero-order valence-corrected chi connectivity index (χ0v) is 7.85. The van der Waals surface area contributed by atoms with E-state index in [1.54, 1.807) is 12.4 Å². The fourth-order valence-corrected chi connectivity index (χ4v) is 1.97. The van der Waals surface area contributed by atoms with Crippen LogP contribution in [0.3, 0.4) is 0 Å². The molecule has 0 radical (unpaired) electrons. The molecule has 3 rings (SSSR count). The highest BCUT2D eigenvalue weighted by molar-refractivity contribution is 5.37. The Morgan fingerprint density at radius 1 is 1.50 bits per heavy atom. The van der Waals surface area contributed by atoms with Crippen molar-refractivity contribution in [2.45, 2.75) is 18.9 Å². The van der Waals surface area contributed by atoms with Crippen LogP contribution in [-0.2, 0) is 0 Å². The molecule has 0 saturated carbocycles. The second-order valence-corrected chi connectivity index (χ2v) is 3.66. The van der Waals surface area contributed by atoms with Gasteiger partial charge < -0.3 is 9.72 Å². The molecule has 1 unspecified atom stereocenters. The number of rotatable bonds is 1. The summed E-state index contributed by atoms with van der Waals surface area (Å²) in [5.41, 5.74) is 2.06. The maximum absolute atomic E-state index is 4.53. The van der Waals surface area contributed by atoms with Gasteiger partial charge >= 0.3 is 0 Å². The van der Waals surface area contributed by atoms with E-state index >= 15 is 0 Å². The van der Waals surface area contributed by atoms with Crippen molar-refractivity contribution < 1.29 is 0 Å². The van der Waals surface area contributed by atoms with Gasteiger partial charge in [-0.15, -0.1) is 0 Å². The molecule has 0 bridgehead atoms. The monoisotopic (exact) mass is 188 g/mol. The molecule has 1 atom stereocenters. The van der Waals surface area contributed by atoms with Crippen LogP contribution in [0.4, 0.5) is 0 Å². The first-order chi connectivity index (χ1) is 6.93. The molecule has 4 heteroatoms. The minimum absolute atomic E-state index is 0.440. The topological polar surface area (TPSA) is 42.2 Å². The summed E-state index contributed by atoms with van der Waals surface area (Å²) in [4.78, 5) is 8.58. The normalized spacial score (nSPS) is 21.9. The lowest BCUT2D eigenvalue weighted by Gasteiger charge is -2.03. The van der Waals surface area contributed by atoms with E-state index in [9.17, 15) is 0 Å². The molecule has 2 aromatic rings. The SMILES string of the molecule is c1cn2cc(C3CCCN3)nc2cn1. The van der Waals surface area contributed by atoms with Gasteiger partial charge in [-0.3, -0.25) is 4.98 Å². The predicted octanol–water partition coefficient (Wildman–Crippen LogP) is 1.15. The van der Waals surface area contributed by atoms with Crippen molar-refractivity contribution in [3.8, 4) is 0 Å². The zero-order chi connectivity index (χ0) is 9.38. The molecule has 0 aromatic carbocycles. The van der Waals surface area contributed by atoms with Crippen LogP contribution < -0.4 is 5.32 Å². The summed E-state index contributed by atoms with van der Waals surface area (Å²) in [5.74, 6) is 0. The molecule has 4 nitrogen and oxygen atoms in total. The van der Waals surface area contributed by atoms with Crippen molar-refractivity contribution in [3.63, 3.8) is 0 Å². The molecule has 1 N–H and O–H groups in total. The Hall–Kier alpha value is -1.42. The van der Waals surface area contributed by atoms with E-state index in [1.807, 2.05) is 10.6 Å². The second-order valence-electron chi connectivity index (χ2n) is 3.66. The summed E-state index contributed by atoms with van der Waals surface area (Å²) in [6.45, 7) is 1.11. The maximum Gasteiger partial charge on any atom is 0.155 e. The Bertz CT molecular complexity index is 409. The van der Waals surface area contributed by atoms with Crippen LogP contribution in [0.15, 0.2) is 24.8 Å². The molecule has 0 spiro atoms. The van der Waals surface area contributed by atoms with Crippen LogP contribution in [-0.4, -0.2) is 20.9 Å². The molecule has 14 heavy (non-hydrogen) atoms. The minimum atomic E-state index is 0.440. The Balaban J connectivity index is 2.05. The van der Waals surface area contributed by atoms with E-state index in [0.717, 1.165) is 17.9 Å². The molecule has 1 saturated heterocycles. The third-order valence-electron chi connectivity index (χ3n) is 2.70. The Morgan fingerprint density at radius 3 is 3.29 bits per heavy atom. The smallest absolute Gasteiger partial charge is 0.155 e. The fraction of sp³-hybridized carbons (Fsp3) is 0.400. The number of hydrogen-bond donors (Lipinski definition) is 1. The van der Waals surface area contributed by atoms with Gasteiger partial charge in [0.25, 0.3) is 0 Å². The second kappa shape index (κ2) is 3.06. The van der Waals surface area contributed by atoms with Gasteiger partial charge in [-0.2, -0.15) is 0 Å². The standard InChI is InChI=1S/C10H12N4/c1-2-8(12-3-1)9-7-14-5-4-11-6-10(14)13-9/h4-8,12H,1-3H2. The third-order valence-corrected chi connectivity index (χ3v) is 2.70. The summed E-state index contributed by atoms with van der Waals surface area (Å²) in [7, 11) is 0. The van der Waals surface area contributed by atoms with E-state index in [-0.39, 0.29) is 0 Å². The first kappa shape index (κ1) is 7.94. The first-order valence-corrected chi connectivity index (χ1v) is 4.95. The number of hydrogen-bond acceptors (Lipinski definition) is 3. The predicted molar refractivity (Wildman–Crippen MR) is 53.0 cm³/mol. The van der Waals surface area contributed by atoms with Gasteiger partial charge in [0.15, 0.2) is 5.65 Å². The molecule has 72 valence electrons. The molecular formula is C10H12N4. The number of imidazole rings is 1. The Kier molecular flexibility index (Phi) is 1.73. The number of nitrogens with zero attached hydrogens (tertiary/aromatic N) is 3. The summed E-state index contributed by atoms with van der Waals surface area (Å²) in [6, 6.07) is 0.440. The molecule has 1 aliphatic rings. The average molecular weight is 188 g/mol. The van der Waals surface area contributed by atoms with Gasteiger partial charge in [0.2, 0.25) is 0 Å². The lowest BCUT2D eigenvalue weighted by Crippen LogP contribution is -2.12. The summed E-state index contributed by atoms with van der Waals surface area (Å²) in [5, 5.41) is 3.44. The molecule has 0 amide bonds. The molecule has 1 fully saturated rings. The van der Waals surface area contributed by atoms with Crippen LogP contribution in [0.1, 0.15) is 24.6 Å². The van der Waals surface area contributed by atoms with E-state index in [4.69, 9.17) is 0 Å². The van der Waals surface area contributed by atoms with Crippen molar-refractivity contribution >= 4 is 5.65 Å². The van der Waals surface area contributed by atoms with Crippen molar-refractivity contribution in [2.75, 3.05) is 6.54 Å². The number of fused-ring (bicyclic) bond motifs is 1. The fourth-order valence-electron chi connectivity index (χ4n) is 1.97. The van der Waals surface area contributed by atoms with Crippen molar-refractivity contribution in [2.24, 2.45) is 0 Å². The number of nitrogens with one attached hydrogen (secondary N) is 1. The highest BCUT2D eigenvalue weighted by atomic mass is 15.1. The number of aromatic nitrogens is 3. The van der Waals surface area contributed by atoms with Gasteiger partial charge in [0.05, 0.1) is 17.9 Å². The van der Waals surface area contributed by atoms with Crippen molar-refractivity contribution in [1.29, 1.82) is 0 Å². The van der Waals surface area contributed by atoms with E-state index in [2.05, 4.69) is 21.5 Å². The van der Waals surface area contributed by atoms with Gasteiger partial charge in [0.1, 0.15) is 0 Å². The van der Waals surface area contributed by atoms with Gasteiger partial charge in [0, 0.05) is 18.6 Å². The zero-order valence-electron chi connectivity index (χ0n) is 7.85. The summed E-state index contributed by atoms with van der Waals surface area (Å²) < 4.78 is 2.02. The van der Waals surface area contributed by atoms with Crippen LogP contribution in [0, 0.1) is 0 Å². The highest BCUT2D eigenvalue weighted by Crippen LogP contribution is 2.21. The van der Waals surface area contributed by atoms with Crippen LogP contribution in [0.5, 0.6) is 0 Å². The third kappa shape index (κ3) is 1.19. The van der Waals surface area contributed by atoms with Gasteiger partial charge in [-0.1, -0.05) is 0 Å². The quantitative estimate of drug-likeness (QED) is 0.730. The van der Waals surface area contributed by atoms with Gasteiger partial charge in [-0.05, 0) is 19.4 Å². The molecule has 2 aromatic heterocycles. The average Bonchev–Trinajstić information content (AvgIpc) is 2.86. The molecule has 3 heterocycles. The molecule has 0 aliphatic carbocycles. The molecule has 1 aliphatic heterocycles. The minimum Gasteiger partial charge on any atom is -0.309 e. The lowest BCUT2D eigenvalue weighted by molar-refractivity contribution is 0.632. The lowest BCUT2D eigenvalue weighted by atomic mass is 10.2. The van der Waals surface area contributed by atoms with Crippen LogP contribution in [0.2, 0.25) is 0 Å². The Labute approximate surface area is 82.0 Å². The molecular weight excluding hydrogens is 176 g/mol. The van der Waals surface area contributed by atoms with Crippen molar-refractivity contribution in [3.05, 3.63) is 30.5 Å². The first-order valence-electron chi connectivity index (χ1n) is 4.95. The van der Waals surface area contributed by atoms with Gasteiger partial charge in [-0.25, -0.2) is 4.98 Å². The van der Waals surface area contributed by atoms with E-state index in [0.29, 0.717) is 6.04 Å². The summed E-state index contributed by atoms with van der Waals surface area (Å²) >= 11 is 0. The van der Waals surface area contributed by atoms with Crippen molar-refractivity contribution in [1.82, 2.24) is 19.7 Å². The van der Waals surface area contributed by atoms with Crippen LogP contribution in [0.25, 0.3) is 5.65 Å². The summed E-state index contributed by atoms with van der Waals surface area (Å²) in [6.07, 6.45) is 10.0. The highest BCUT2D eigenvalue weighted by Gasteiger charge is 2.18. The van der Waals surface area contributed by atoms with E-state index < -0.39 is 0 Å². The maximum atomic E-state index is 4.53.